The highest BCUT2D eigenvalue weighted by Crippen LogP contribution is 2.21. The van der Waals surface area contributed by atoms with E-state index in [0.717, 1.165) is 17.0 Å². The summed E-state index contributed by atoms with van der Waals surface area (Å²) in [6.07, 6.45) is 0. The quantitative estimate of drug-likeness (QED) is 0.889. The van der Waals surface area contributed by atoms with Crippen molar-refractivity contribution in [3.63, 3.8) is 0 Å². The first-order chi connectivity index (χ1) is 8.89. The molecule has 19 heavy (non-hydrogen) atoms. The average Bonchev–Trinajstić information content (AvgIpc) is 2.76. The van der Waals surface area contributed by atoms with Crippen molar-refractivity contribution < 1.29 is 8.42 Å². The summed E-state index contributed by atoms with van der Waals surface area (Å²) in [4.78, 5) is 4.26. The Balaban J connectivity index is 2.22. The molecule has 0 saturated heterocycles. The van der Waals surface area contributed by atoms with Gasteiger partial charge in [0.05, 0.1) is 12.2 Å². The van der Waals surface area contributed by atoms with Gasteiger partial charge in [0.15, 0.2) is 0 Å². The molecule has 102 valence electrons. The van der Waals surface area contributed by atoms with Crippen molar-refractivity contribution in [1.29, 1.82) is 0 Å². The summed E-state index contributed by atoms with van der Waals surface area (Å²) in [6.45, 7) is 2.02. The molecule has 0 radical (unpaired) electrons. The molecule has 2 N–H and O–H groups in total. The summed E-state index contributed by atoms with van der Waals surface area (Å²) < 4.78 is 25.4. The number of hydrogen-bond acceptors (Lipinski definition) is 7. The molecule has 0 atom stereocenters. The number of aryl methyl sites for hydroxylation is 1. The molecule has 9 heteroatoms. The third kappa shape index (κ3) is 3.06. The maximum absolute atomic E-state index is 12.2. The van der Waals surface area contributed by atoms with E-state index in [1.54, 1.807) is 6.07 Å². The van der Waals surface area contributed by atoms with Crippen LogP contribution in [-0.2, 0) is 16.6 Å². The van der Waals surface area contributed by atoms with E-state index >= 15 is 0 Å². The first kappa shape index (κ1) is 13.8. The second-order valence-corrected chi connectivity index (χ2v) is 7.17. The van der Waals surface area contributed by atoms with Crippen molar-refractivity contribution in [2.24, 2.45) is 0 Å². The zero-order valence-electron chi connectivity index (χ0n) is 10.4. The number of hydrogen-bond donors (Lipinski definition) is 1. The van der Waals surface area contributed by atoms with Gasteiger partial charge in [-0.2, -0.15) is 4.31 Å². The Morgan fingerprint density at radius 1 is 1.37 bits per heavy atom. The van der Waals surface area contributed by atoms with Gasteiger partial charge in [-0.15, -0.1) is 10.2 Å². The molecule has 0 aliphatic rings. The fourth-order valence-electron chi connectivity index (χ4n) is 1.46. The van der Waals surface area contributed by atoms with E-state index in [9.17, 15) is 8.42 Å². The lowest BCUT2D eigenvalue weighted by atomic mass is 10.3. The van der Waals surface area contributed by atoms with Gasteiger partial charge >= 0.3 is 0 Å². The maximum Gasteiger partial charge on any atom is 0.272 e. The summed E-state index contributed by atoms with van der Waals surface area (Å²) in [5.74, 6) is 0. The highest BCUT2D eigenvalue weighted by atomic mass is 32.2. The van der Waals surface area contributed by atoms with Crippen LogP contribution < -0.4 is 5.73 Å². The first-order valence-corrected chi connectivity index (χ1v) is 7.63. The monoisotopic (exact) mass is 299 g/mol. The lowest BCUT2D eigenvalue weighted by molar-refractivity contribution is 0.460. The number of anilines is 1. The van der Waals surface area contributed by atoms with Crippen molar-refractivity contribution >= 4 is 26.5 Å². The fourth-order valence-corrected chi connectivity index (χ4v) is 3.57. The number of nitrogens with zero attached hydrogens (tertiary/aromatic N) is 4. The maximum atomic E-state index is 12.2. The van der Waals surface area contributed by atoms with Crippen LogP contribution in [0.5, 0.6) is 0 Å². The Bertz CT molecular complexity index is 683. The normalized spacial score (nSPS) is 11.9. The third-order valence-electron chi connectivity index (χ3n) is 2.38. The van der Waals surface area contributed by atoms with Crippen LogP contribution in [-0.4, -0.2) is 35.0 Å². The summed E-state index contributed by atoms with van der Waals surface area (Å²) >= 11 is 0.842. The molecule has 0 amide bonds. The molecule has 0 aromatic carbocycles. The molecule has 0 unspecified atom stereocenters. The highest BCUT2D eigenvalue weighted by molar-refractivity contribution is 7.91. The smallest absolute Gasteiger partial charge is 0.272 e. The number of sulfonamides is 1. The summed E-state index contributed by atoms with van der Waals surface area (Å²) in [5, 5.41) is 7.20. The predicted molar refractivity (Wildman–Crippen MR) is 71.9 cm³/mol. The molecular formula is C10H13N5O2S2. The van der Waals surface area contributed by atoms with E-state index in [-0.39, 0.29) is 16.0 Å². The molecule has 0 bridgehead atoms. The molecule has 0 saturated carbocycles. The SMILES string of the molecule is Cc1cccc(CN(C)S(=O)(=O)c2nnc(N)s2)n1. The van der Waals surface area contributed by atoms with Gasteiger partial charge in [0.2, 0.25) is 9.47 Å². The van der Waals surface area contributed by atoms with Gasteiger partial charge in [0.1, 0.15) is 0 Å². The number of nitrogen functional groups attached to an aromatic ring is 1. The van der Waals surface area contributed by atoms with Crippen molar-refractivity contribution in [3.05, 3.63) is 29.6 Å². The fraction of sp³-hybridized carbons (Fsp3) is 0.300. The van der Waals surface area contributed by atoms with E-state index in [4.69, 9.17) is 5.73 Å². The van der Waals surface area contributed by atoms with Gasteiger partial charge in [-0.3, -0.25) is 4.98 Å². The molecule has 2 aromatic heterocycles. The average molecular weight is 299 g/mol. The molecule has 0 fully saturated rings. The minimum Gasteiger partial charge on any atom is -0.374 e. The lowest BCUT2D eigenvalue weighted by Gasteiger charge is -2.14. The first-order valence-electron chi connectivity index (χ1n) is 5.37. The van der Waals surface area contributed by atoms with Gasteiger partial charge in [0, 0.05) is 12.7 Å². The largest absolute Gasteiger partial charge is 0.374 e. The Labute approximate surface area is 115 Å². The summed E-state index contributed by atoms with van der Waals surface area (Å²) in [6, 6.07) is 5.46. The molecule has 2 rings (SSSR count). The van der Waals surface area contributed by atoms with E-state index in [1.807, 2.05) is 19.1 Å². The molecular weight excluding hydrogens is 286 g/mol. The standard InChI is InChI=1S/C10H13N5O2S2/c1-7-4-3-5-8(12-7)6-15(2)19(16,17)10-14-13-9(11)18-10/h3-5H,6H2,1-2H3,(H2,11,13). The number of rotatable bonds is 4. The summed E-state index contributed by atoms with van der Waals surface area (Å²) in [7, 11) is -2.20. The molecule has 0 aliphatic heterocycles. The van der Waals surface area contributed by atoms with Crippen LogP contribution >= 0.6 is 11.3 Å². The van der Waals surface area contributed by atoms with E-state index < -0.39 is 10.0 Å². The number of pyridine rings is 1. The van der Waals surface area contributed by atoms with E-state index in [1.165, 1.54) is 11.4 Å². The second kappa shape index (κ2) is 5.19. The summed E-state index contributed by atoms with van der Waals surface area (Å²) in [5.41, 5.74) is 6.90. The van der Waals surface area contributed by atoms with Crippen LogP contribution in [0.2, 0.25) is 0 Å². The predicted octanol–water partition coefficient (Wildman–Crippen LogP) is 0.644. The van der Waals surface area contributed by atoms with Crippen molar-refractivity contribution in [2.45, 2.75) is 17.8 Å². The van der Waals surface area contributed by atoms with Crippen LogP contribution in [0, 0.1) is 6.92 Å². The topological polar surface area (TPSA) is 102 Å². The van der Waals surface area contributed by atoms with Crippen molar-refractivity contribution in [2.75, 3.05) is 12.8 Å². The Morgan fingerprint density at radius 2 is 2.11 bits per heavy atom. The van der Waals surface area contributed by atoms with Crippen LogP contribution in [0.3, 0.4) is 0 Å². The van der Waals surface area contributed by atoms with Crippen LogP contribution in [0.1, 0.15) is 11.4 Å². The zero-order valence-corrected chi connectivity index (χ0v) is 12.1. The molecule has 0 spiro atoms. The van der Waals surface area contributed by atoms with Gasteiger partial charge in [0.25, 0.3) is 10.0 Å². The zero-order chi connectivity index (χ0) is 14.0. The molecule has 2 heterocycles. The van der Waals surface area contributed by atoms with Gasteiger partial charge < -0.3 is 5.73 Å². The van der Waals surface area contributed by atoms with Crippen LogP contribution in [0.25, 0.3) is 0 Å². The van der Waals surface area contributed by atoms with E-state index in [2.05, 4.69) is 15.2 Å². The van der Waals surface area contributed by atoms with Crippen LogP contribution in [0.15, 0.2) is 22.5 Å². The van der Waals surface area contributed by atoms with Gasteiger partial charge in [-0.25, -0.2) is 8.42 Å². The minimum atomic E-state index is -3.67. The lowest BCUT2D eigenvalue weighted by Crippen LogP contribution is -2.26. The minimum absolute atomic E-state index is 0.111. The van der Waals surface area contributed by atoms with Gasteiger partial charge in [-0.1, -0.05) is 17.4 Å². The Kier molecular flexibility index (Phi) is 3.78. The van der Waals surface area contributed by atoms with Crippen molar-refractivity contribution in [3.8, 4) is 0 Å². The Morgan fingerprint density at radius 3 is 2.68 bits per heavy atom. The third-order valence-corrected chi connectivity index (χ3v) is 5.29. The number of nitrogens with two attached hydrogens (primary N) is 1. The van der Waals surface area contributed by atoms with Gasteiger partial charge in [-0.05, 0) is 19.1 Å². The molecule has 0 aliphatic carbocycles. The van der Waals surface area contributed by atoms with Crippen molar-refractivity contribution in [1.82, 2.24) is 19.5 Å². The molecule has 2 aromatic rings. The molecule has 7 nitrogen and oxygen atoms in total. The highest BCUT2D eigenvalue weighted by Gasteiger charge is 2.25. The Hall–Kier alpha value is -1.58. The van der Waals surface area contributed by atoms with Crippen LogP contribution in [0.4, 0.5) is 5.13 Å². The van der Waals surface area contributed by atoms with E-state index in [0.29, 0.717) is 5.69 Å². The number of aromatic nitrogens is 3. The second-order valence-electron chi connectivity index (χ2n) is 3.94.